The van der Waals surface area contributed by atoms with E-state index < -0.39 is 0 Å². The first-order valence-corrected chi connectivity index (χ1v) is 6.35. The zero-order valence-electron chi connectivity index (χ0n) is 8.85. The van der Waals surface area contributed by atoms with Crippen LogP contribution in [-0.2, 0) is 0 Å². The molecule has 0 amide bonds. The van der Waals surface area contributed by atoms with Gasteiger partial charge in [-0.2, -0.15) is 10.5 Å². The maximum absolute atomic E-state index is 9.01. The summed E-state index contributed by atoms with van der Waals surface area (Å²) >= 11 is 6.83. The number of halogens is 2. The smallest absolute Gasteiger partial charge is 0.216 e. The van der Waals surface area contributed by atoms with Crippen molar-refractivity contribution in [3.63, 3.8) is 0 Å². The molecule has 6 nitrogen and oxygen atoms in total. The number of benzene rings is 1. The van der Waals surface area contributed by atoms with Gasteiger partial charge in [-0.05, 0) is 49.2 Å². The summed E-state index contributed by atoms with van der Waals surface area (Å²) < 4.78 is 1.75. The average Bonchev–Trinajstić information content (AvgIpc) is 2.87. The summed E-state index contributed by atoms with van der Waals surface area (Å²) in [5.41, 5.74) is 1.10. The summed E-state index contributed by atoms with van der Waals surface area (Å²) in [6, 6.07) is 7.67. The van der Waals surface area contributed by atoms with Crippen LogP contribution in [0.5, 0.6) is 0 Å². The molecule has 18 heavy (non-hydrogen) atoms. The molecule has 1 heterocycles. The molecular weight excluding hydrogens is 364 g/mol. The molecule has 0 aliphatic rings. The minimum absolute atomic E-state index is 0.244. The second kappa shape index (κ2) is 5.75. The fourth-order valence-electron chi connectivity index (χ4n) is 1.20. The van der Waals surface area contributed by atoms with Gasteiger partial charge in [0.05, 0.1) is 5.69 Å². The van der Waals surface area contributed by atoms with Crippen LogP contribution in [-0.4, -0.2) is 20.6 Å². The van der Waals surface area contributed by atoms with E-state index in [9.17, 15) is 0 Å². The maximum atomic E-state index is 9.01. The van der Waals surface area contributed by atoms with Crippen molar-refractivity contribution in [2.24, 2.45) is 0 Å². The second-order valence-corrected chi connectivity index (χ2v) is 4.85. The molecule has 2 aromatic rings. The highest BCUT2D eigenvalue weighted by Gasteiger charge is 2.07. The van der Waals surface area contributed by atoms with Gasteiger partial charge in [0.25, 0.3) is 0 Å². The molecule has 1 aromatic heterocycles. The van der Waals surface area contributed by atoms with Gasteiger partial charge in [0.2, 0.25) is 5.82 Å². The normalized spacial score (nSPS) is 11.1. The number of aromatic amines is 1. The van der Waals surface area contributed by atoms with Crippen molar-refractivity contribution in [3.8, 4) is 6.07 Å². The van der Waals surface area contributed by atoms with Gasteiger partial charge in [0.1, 0.15) is 11.6 Å². The molecule has 0 aliphatic carbocycles. The topological polar surface area (TPSA) is 90.3 Å². The number of tetrazole rings is 1. The number of nitrogens with one attached hydrogen (secondary N) is 2. The summed E-state index contributed by atoms with van der Waals surface area (Å²) in [6.07, 6.45) is 1.52. The maximum Gasteiger partial charge on any atom is 0.216 e. The second-order valence-electron chi connectivity index (χ2n) is 3.15. The lowest BCUT2D eigenvalue weighted by atomic mass is 10.3. The number of hydrogen-bond donors (Lipinski definition) is 2. The lowest BCUT2D eigenvalue weighted by Crippen LogP contribution is -1.94. The molecule has 0 saturated heterocycles. The highest BCUT2D eigenvalue weighted by atomic mass is 79.9. The molecule has 0 unspecified atom stereocenters. The summed E-state index contributed by atoms with van der Waals surface area (Å²) in [6.45, 7) is 0. The predicted octanol–water partition coefficient (Wildman–Crippen LogP) is 2.70. The predicted molar refractivity (Wildman–Crippen MR) is 73.2 cm³/mol. The first kappa shape index (κ1) is 12.7. The van der Waals surface area contributed by atoms with Gasteiger partial charge in [-0.25, -0.2) is 0 Å². The van der Waals surface area contributed by atoms with Crippen LogP contribution >= 0.6 is 31.9 Å². The molecular formula is C10H6Br2N6. The van der Waals surface area contributed by atoms with Crippen molar-refractivity contribution >= 4 is 43.1 Å². The fourth-order valence-corrected chi connectivity index (χ4v) is 2.43. The van der Waals surface area contributed by atoms with E-state index in [1.54, 1.807) is 0 Å². The van der Waals surface area contributed by atoms with Crippen LogP contribution in [0.25, 0.3) is 5.57 Å². The summed E-state index contributed by atoms with van der Waals surface area (Å²) in [5, 5.41) is 25.2. The van der Waals surface area contributed by atoms with Crippen LogP contribution in [0.1, 0.15) is 5.82 Å². The van der Waals surface area contributed by atoms with Gasteiger partial charge >= 0.3 is 0 Å². The Kier molecular flexibility index (Phi) is 4.07. The Morgan fingerprint density at radius 3 is 2.67 bits per heavy atom. The highest BCUT2D eigenvalue weighted by Crippen LogP contribution is 2.30. The van der Waals surface area contributed by atoms with Crippen LogP contribution in [0.4, 0.5) is 5.69 Å². The number of aromatic nitrogens is 4. The van der Waals surface area contributed by atoms with Gasteiger partial charge in [0.15, 0.2) is 0 Å². The van der Waals surface area contributed by atoms with Crippen LogP contribution in [0.2, 0.25) is 0 Å². The SMILES string of the molecule is N#CC(=CNc1c(Br)cccc1Br)c1nn[nH]n1. The molecule has 0 atom stereocenters. The quantitative estimate of drug-likeness (QED) is 0.811. The first-order valence-electron chi connectivity index (χ1n) is 4.77. The Balaban J connectivity index is 2.27. The van der Waals surface area contributed by atoms with Crippen molar-refractivity contribution in [1.82, 2.24) is 20.6 Å². The molecule has 0 spiro atoms. The number of allylic oxidation sites excluding steroid dienone is 1. The highest BCUT2D eigenvalue weighted by molar-refractivity contribution is 9.11. The van der Waals surface area contributed by atoms with E-state index in [-0.39, 0.29) is 11.4 Å². The van der Waals surface area contributed by atoms with Crippen LogP contribution in [0, 0.1) is 11.3 Å². The Morgan fingerprint density at radius 2 is 2.11 bits per heavy atom. The number of anilines is 1. The zero-order valence-corrected chi connectivity index (χ0v) is 12.0. The van der Waals surface area contributed by atoms with E-state index in [4.69, 9.17) is 5.26 Å². The number of H-pyrrole nitrogens is 1. The van der Waals surface area contributed by atoms with E-state index in [0.717, 1.165) is 14.6 Å². The zero-order chi connectivity index (χ0) is 13.0. The molecule has 8 heteroatoms. The van der Waals surface area contributed by atoms with Crippen molar-refractivity contribution in [2.75, 3.05) is 5.32 Å². The van der Waals surface area contributed by atoms with Gasteiger partial charge in [-0.15, -0.1) is 10.2 Å². The van der Waals surface area contributed by atoms with E-state index in [2.05, 4.69) is 57.8 Å². The van der Waals surface area contributed by atoms with Gasteiger partial charge in [-0.3, -0.25) is 0 Å². The van der Waals surface area contributed by atoms with Gasteiger partial charge in [0, 0.05) is 15.1 Å². The van der Waals surface area contributed by atoms with Crippen molar-refractivity contribution < 1.29 is 0 Å². The van der Waals surface area contributed by atoms with Crippen molar-refractivity contribution in [2.45, 2.75) is 0 Å². The Bertz CT molecular complexity index is 594. The largest absolute Gasteiger partial charge is 0.358 e. The van der Waals surface area contributed by atoms with E-state index in [0.29, 0.717) is 0 Å². The monoisotopic (exact) mass is 368 g/mol. The van der Waals surface area contributed by atoms with Crippen molar-refractivity contribution in [1.29, 1.82) is 5.26 Å². The number of hydrogen-bond acceptors (Lipinski definition) is 5. The molecule has 0 fully saturated rings. The molecule has 1 aromatic carbocycles. The van der Waals surface area contributed by atoms with E-state index in [1.165, 1.54) is 6.20 Å². The first-order chi connectivity index (χ1) is 8.72. The van der Waals surface area contributed by atoms with Crippen LogP contribution in [0.3, 0.4) is 0 Å². The average molecular weight is 370 g/mol. The Hall–Kier alpha value is -1.72. The Labute approximate surface area is 119 Å². The lowest BCUT2D eigenvalue weighted by Gasteiger charge is -2.06. The van der Waals surface area contributed by atoms with Gasteiger partial charge in [-0.1, -0.05) is 6.07 Å². The molecule has 90 valence electrons. The minimum Gasteiger partial charge on any atom is -0.358 e. The number of nitriles is 1. The van der Waals surface area contributed by atoms with Gasteiger partial charge < -0.3 is 5.32 Å². The summed E-state index contributed by atoms with van der Waals surface area (Å²) in [5.74, 6) is 0.244. The Morgan fingerprint density at radius 1 is 1.39 bits per heavy atom. The molecule has 0 aliphatic heterocycles. The third-order valence-electron chi connectivity index (χ3n) is 2.03. The van der Waals surface area contributed by atoms with Crippen molar-refractivity contribution in [3.05, 3.63) is 39.2 Å². The molecule has 0 saturated carbocycles. The molecule has 2 rings (SSSR count). The summed E-state index contributed by atoms with van der Waals surface area (Å²) in [4.78, 5) is 0. The third-order valence-corrected chi connectivity index (χ3v) is 3.35. The molecule has 0 bridgehead atoms. The molecule has 0 radical (unpaired) electrons. The fraction of sp³-hybridized carbons (Fsp3) is 0. The minimum atomic E-state index is 0.244. The third kappa shape index (κ3) is 2.75. The number of rotatable bonds is 3. The molecule has 2 N–H and O–H groups in total. The standard InChI is InChI=1S/C10H6Br2N6/c11-7-2-1-3-8(12)9(7)14-5-6(4-13)10-15-17-18-16-10/h1-3,5,14H,(H,15,16,17,18). The van der Waals surface area contributed by atoms with E-state index in [1.807, 2.05) is 24.3 Å². The summed E-state index contributed by atoms with van der Waals surface area (Å²) in [7, 11) is 0. The number of para-hydroxylation sites is 1. The lowest BCUT2D eigenvalue weighted by molar-refractivity contribution is 0.881. The number of nitrogens with zero attached hydrogens (tertiary/aromatic N) is 4. The van der Waals surface area contributed by atoms with E-state index >= 15 is 0 Å². The van der Waals surface area contributed by atoms with Crippen LogP contribution < -0.4 is 5.32 Å². The van der Waals surface area contributed by atoms with Crippen LogP contribution in [0.15, 0.2) is 33.3 Å².